The highest BCUT2D eigenvalue weighted by atomic mass is 32.1. The van der Waals surface area contributed by atoms with Gasteiger partial charge < -0.3 is 10.6 Å². The lowest BCUT2D eigenvalue weighted by atomic mass is 10.2. The molecule has 0 unspecified atom stereocenters. The number of rotatable bonds is 4. The molecular weight excluding hydrogens is 331 g/mol. The zero-order chi connectivity index (χ0) is 17.4. The molecule has 0 aromatic heterocycles. The van der Waals surface area contributed by atoms with E-state index in [2.05, 4.69) is 21.5 Å². The summed E-state index contributed by atoms with van der Waals surface area (Å²) in [5.74, 6) is -1.85. The average Bonchev–Trinajstić information content (AvgIpc) is 2.59. The Kier molecular flexibility index (Phi) is 6.21. The van der Waals surface area contributed by atoms with Gasteiger partial charge in [0, 0.05) is 5.69 Å². The van der Waals surface area contributed by atoms with Gasteiger partial charge in [-0.15, -0.1) is 0 Å². The highest BCUT2D eigenvalue weighted by Gasteiger charge is 2.11. The Morgan fingerprint density at radius 2 is 1.62 bits per heavy atom. The summed E-state index contributed by atoms with van der Waals surface area (Å²) in [6, 6.07) is 14.7. The Balaban J connectivity index is 1.72. The van der Waals surface area contributed by atoms with E-state index < -0.39 is 17.6 Å². The summed E-state index contributed by atoms with van der Waals surface area (Å²) in [6.45, 7) is -0.325. The molecule has 0 aliphatic rings. The van der Waals surface area contributed by atoms with Crippen LogP contribution in [0.25, 0.3) is 0 Å². The number of hydrogen-bond donors (Lipinski definition) is 4. The highest BCUT2D eigenvalue weighted by molar-refractivity contribution is 7.80. The number of para-hydroxylation sites is 1. The molecule has 0 heterocycles. The Hall–Kier alpha value is -3.00. The first kappa shape index (κ1) is 17.4. The minimum absolute atomic E-state index is 0.125. The monoisotopic (exact) mass is 346 g/mol. The maximum atomic E-state index is 13.4. The standard InChI is InChI=1S/C16H15FN4O2S/c17-13-9-5-4-8-12(13)15(23)18-10-14(22)20-21-16(24)19-11-6-2-1-3-7-11/h1-9H,10H2,(H,18,23)(H,20,22)(H2,19,21,24). The topological polar surface area (TPSA) is 82.3 Å². The van der Waals surface area contributed by atoms with Gasteiger partial charge in [0.2, 0.25) is 0 Å². The molecule has 0 radical (unpaired) electrons. The smallest absolute Gasteiger partial charge is 0.257 e. The predicted molar refractivity (Wildman–Crippen MR) is 92.7 cm³/mol. The van der Waals surface area contributed by atoms with Crippen molar-refractivity contribution in [3.05, 3.63) is 66.0 Å². The van der Waals surface area contributed by atoms with Crippen molar-refractivity contribution in [3.8, 4) is 0 Å². The summed E-state index contributed by atoms with van der Waals surface area (Å²) in [7, 11) is 0. The first-order chi connectivity index (χ1) is 11.6. The second-order valence-corrected chi connectivity index (χ2v) is 5.06. The average molecular weight is 346 g/mol. The molecule has 2 aromatic carbocycles. The summed E-state index contributed by atoms with van der Waals surface area (Å²) in [6.07, 6.45) is 0. The number of benzene rings is 2. The van der Waals surface area contributed by atoms with Crippen LogP contribution >= 0.6 is 12.2 Å². The van der Waals surface area contributed by atoms with Crippen molar-refractivity contribution < 1.29 is 14.0 Å². The Morgan fingerprint density at radius 1 is 0.958 bits per heavy atom. The molecule has 124 valence electrons. The Morgan fingerprint density at radius 3 is 2.33 bits per heavy atom. The first-order valence-electron chi connectivity index (χ1n) is 7.00. The quantitative estimate of drug-likeness (QED) is 0.499. The van der Waals surface area contributed by atoms with Gasteiger partial charge in [0.25, 0.3) is 11.8 Å². The predicted octanol–water partition coefficient (Wildman–Crippen LogP) is 1.57. The summed E-state index contributed by atoms with van der Waals surface area (Å²) in [4.78, 5) is 23.4. The molecule has 8 heteroatoms. The lowest BCUT2D eigenvalue weighted by molar-refractivity contribution is -0.120. The van der Waals surface area contributed by atoms with Crippen molar-refractivity contribution in [2.75, 3.05) is 11.9 Å². The van der Waals surface area contributed by atoms with Crippen molar-refractivity contribution in [2.45, 2.75) is 0 Å². The van der Waals surface area contributed by atoms with Crippen LogP contribution in [0.5, 0.6) is 0 Å². The fraction of sp³-hybridized carbons (Fsp3) is 0.0625. The fourth-order valence-corrected chi connectivity index (χ4v) is 1.92. The maximum Gasteiger partial charge on any atom is 0.257 e. The molecule has 0 spiro atoms. The van der Waals surface area contributed by atoms with Crippen molar-refractivity contribution in [2.24, 2.45) is 0 Å². The third kappa shape index (κ3) is 5.33. The van der Waals surface area contributed by atoms with Crippen LogP contribution in [0.15, 0.2) is 54.6 Å². The number of halogens is 1. The van der Waals surface area contributed by atoms with Gasteiger partial charge in [0.15, 0.2) is 5.11 Å². The van der Waals surface area contributed by atoms with Crippen LogP contribution in [0.1, 0.15) is 10.4 Å². The van der Waals surface area contributed by atoms with E-state index in [-0.39, 0.29) is 17.2 Å². The lowest BCUT2D eigenvalue weighted by Gasteiger charge is -2.12. The molecule has 0 bridgehead atoms. The lowest BCUT2D eigenvalue weighted by Crippen LogP contribution is -2.47. The molecule has 2 amide bonds. The van der Waals surface area contributed by atoms with Crippen LogP contribution in [0, 0.1) is 5.82 Å². The summed E-state index contributed by atoms with van der Waals surface area (Å²) < 4.78 is 13.4. The molecule has 2 rings (SSSR count). The minimum Gasteiger partial charge on any atom is -0.343 e. The second kappa shape index (κ2) is 8.59. The molecule has 0 saturated heterocycles. The molecule has 0 fully saturated rings. The number of carbonyl (C=O) groups excluding carboxylic acids is 2. The summed E-state index contributed by atoms with van der Waals surface area (Å²) in [5, 5.41) is 5.37. The fourth-order valence-electron chi connectivity index (χ4n) is 1.76. The molecule has 6 nitrogen and oxygen atoms in total. The number of amides is 2. The second-order valence-electron chi connectivity index (χ2n) is 4.66. The first-order valence-corrected chi connectivity index (χ1v) is 7.40. The Labute approximate surface area is 143 Å². The van der Waals surface area contributed by atoms with E-state index in [9.17, 15) is 14.0 Å². The zero-order valence-electron chi connectivity index (χ0n) is 12.5. The van der Waals surface area contributed by atoms with E-state index in [1.165, 1.54) is 24.3 Å². The molecule has 0 atom stereocenters. The number of hydrazine groups is 1. The van der Waals surface area contributed by atoms with Gasteiger partial charge in [0.05, 0.1) is 12.1 Å². The van der Waals surface area contributed by atoms with Gasteiger partial charge in [-0.2, -0.15) is 0 Å². The van der Waals surface area contributed by atoms with Crippen LogP contribution in [0.3, 0.4) is 0 Å². The van der Waals surface area contributed by atoms with E-state index in [0.29, 0.717) is 0 Å². The van der Waals surface area contributed by atoms with Crippen LogP contribution in [-0.2, 0) is 4.79 Å². The highest BCUT2D eigenvalue weighted by Crippen LogP contribution is 2.05. The molecule has 0 aliphatic carbocycles. The maximum absolute atomic E-state index is 13.4. The largest absolute Gasteiger partial charge is 0.343 e. The van der Waals surface area contributed by atoms with Gasteiger partial charge in [0.1, 0.15) is 5.82 Å². The number of anilines is 1. The minimum atomic E-state index is -0.673. The van der Waals surface area contributed by atoms with Gasteiger partial charge >= 0.3 is 0 Å². The van der Waals surface area contributed by atoms with E-state index in [4.69, 9.17) is 12.2 Å². The van der Waals surface area contributed by atoms with Gasteiger partial charge in [-0.05, 0) is 36.5 Å². The van der Waals surface area contributed by atoms with Gasteiger partial charge in [-0.1, -0.05) is 30.3 Å². The van der Waals surface area contributed by atoms with Crippen LogP contribution in [-0.4, -0.2) is 23.5 Å². The van der Waals surface area contributed by atoms with Crippen LogP contribution < -0.4 is 21.5 Å². The number of carbonyl (C=O) groups is 2. The zero-order valence-corrected chi connectivity index (χ0v) is 13.3. The molecule has 24 heavy (non-hydrogen) atoms. The Bertz CT molecular complexity index is 740. The van der Waals surface area contributed by atoms with Gasteiger partial charge in [-0.25, -0.2) is 4.39 Å². The third-order valence-electron chi connectivity index (χ3n) is 2.88. The number of nitrogens with one attached hydrogen (secondary N) is 4. The summed E-state index contributed by atoms with van der Waals surface area (Å²) in [5.41, 5.74) is 5.46. The molecule has 2 aromatic rings. The molecule has 0 aliphatic heterocycles. The number of thiocarbonyl (C=S) groups is 1. The summed E-state index contributed by atoms with van der Waals surface area (Å²) >= 11 is 5.01. The SMILES string of the molecule is O=C(CNC(=O)c1ccccc1F)NNC(=S)Nc1ccccc1. The van der Waals surface area contributed by atoms with E-state index in [0.717, 1.165) is 5.69 Å². The van der Waals surface area contributed by atoms with Crippen LogP contribution in [0.4, 0.5) is 10.1 Å². The molecular formula is C16H15FN4O2S. The van der Waals surface area contributed by atoms with Crippen molar-refractivity contribution in [1.29, 1.82) is 0 Å². The number of hydrogen-bond acceptors (Lipinski definition) is 3. The van der Waals surface area contributed by atoms with Gasteiger partial charge in [-0.3, -0.25) is 20.4 Å². The van der Waals surface area contributed by atoms with Crippen LogP contribution in [0.2, 0.25) is 0 Å². The van der Waals surface area contributed by atoms with E-state index in [1.807, 2.05) is 30.3 Å². The van der Waals surface area contributed by atoms with E-state index in [1.54, 1.807) is 0 Å². The van der Waals surface area contributed by atoms with Crippen molar-refractivity contribution in [1.82, 2.24) is 16.2 Å². The third-order valence-corrected chi connectivity index (χ3v) is 3.08. The van der Waals surface area contributed by atoms with E-state index >= 15 is 0 Å². The molecule has 0 saturated carbocycles. The van der Waals surface area contributed by atoms with Crippen molar-refractivity contribution >= 4 is 34.8 Å². The molecule has 4 N–H and O–H groups in total. The normalized spacial score (nSPS) is 9.71. The van der Waals surface area contributed by atoms with Crippen molar-refractivity contribution in [3.63, 3.8) is 0 Å².